The number of rotatable bonds is 4. The van der Waals surface area contributed by atoms with Gasteiger partial charge < -0.3 is 20.1 Å². The molecule has 0 radical (unpaired) electrons. The van der Waals surface area contributed by atoms with Gasteiger partial charge in [-0.3, -0.25) is 0 Å². The summed E-state index contributed by atoms with van der Waals surface area (Å²) < 4.78 is 11.2. The lowest BCUT2D eigenvalue weighted by molar-refractivity contribution is -0.00721. The maximum absolute atomic E-state index is 6.14. The number of hydrogen-bond acceptors (Lipinski definition) is 4. The van der Waals surface area contributed by atoms with Gasteiger partial charge in [-0.1, -0.05) is 0 Å². The Hall–Kier alpha value is -0.160. The summed E-state index contributed by atoms with van der Waals surface area (Å²) in [5.74, 6) is 0.521. The van der Waals surface area contributed by atoms with Crippen LogP contribution < -0.4 is 5.73 Å². The van der Waals surface area contributed by atoms with Crippen molar-refractivity contribution < 1.29 is 9.47 Å². The fourth-order valence-corrected chi connectivity index (χ4v) is 2.83. The maximum atomic E-state index is 6.14. The smallest absolute Gasteiger partial charge is 0.0599 e. The van der Waals surface area contributed by atoms with E-state index < -0.39 is 0 Å². The Kier molecular flexibility index (Phi) is 5.22. The van der Waals surface area contributed by atoms with E-state index in [-0.39, 0.29) is 0 Å². The number of nitrogens with two attached hydrogens (primary N) is 1. The first kappa shape index (κ1) is 13.3. The summed E-state index contributed by atoms with van der Waals surface area (Å²) in [6, 6.07) is 0.327. The number of piperidine rings is 1. The summed E-state index contributed by atoms with van der Waals surface area (Å²) in [5.41, 5.74) is 6.14. The molecule has 2 rings (SSSR count). The molecule has 0 aromatic rings. The molecular formula is C13H26N2O2. The standard InChI is InChI=1S/C13H26N2O2/c1-2-17-12-3-6-15(7-4-12)9-11-10-16-8-5-13(11)14/h11-13H,2-10,14H2,1H3. The van der Waals surface area contributed by atoms with Crippen molar-refractivity contribution in [2.75, 3.05) is 39.5 Å². The van der Waals surface area contributed by atoms with Crippen LogP contribution in [0.2, 0.25) is 0 Å². The molecule has 0 spiro atoms. The molecule has 2 N–H and O–H groups in total. The fourth-order valence-electron chi connectivity index (χ4n) is 2.83. The lowest BCUT2D eigenvalue weighted by atomic mass is 9.95. The SMILES string of the molecule is CCOC1CCN(CC2COCCC2N)CC1. The van der Waals surface area contributed by atoms with Gasteiger partial charge in [-0.25, -0.2) is 0 Å². The summed E-state index contributed by atoms with van der Waals surface area (Å²) in [7, 11) is 0. The normalized spacial score (nSPS) is 32.8. The van der Waals surface area contributed by atoms with Gasteiger partial charge >= 0.3 is 0 Å². The highest BCUT2D eigenvalue weighted by Gasteiger charge is 2.27. The zero-order valence-electron chi connectivity index (χ0n) is 10.9. The van der Waals surface area contributed by atoms with Gasteiger partial charge in [0, 0.05) is 44.8 Å². The van der Waals surface area contributed by atoms with E-state index >= 15 is 0 Å². The van der Waals surface area contributed by atoms with E-state index in [9.17, 15) is 0 Å². The molecule has 2 aliphatic rings. The average molecular weight is 242 g/mol. The average Bonchev–Trinajstić information content (AvgIpc) is 2.35. The summed E-state index contributed by atoms with van der Waals surface area (Å²) in [6.45, 7) is 7.98. The lowest BCUT2D eigenvalue weighted by Gasteiger charge is -2.37. The van der Waals surface area contributed by atoms with Crippen molar-refractivity contribution >= 4 is 0 Å². The van der Waals surface area contributed by atoms with Gasteiger partial charge in [0.2, 0.25) is 0 Å². The van der Waals surface area contributed by atoms with Crippen molar-refractivity contribution in [3.63, 3.8) is 0 Å². The van der Waals surface area contributed by atoms with Crippen LogP contribution in [0.3, 0.4) is 0 Å². The predicted octanol–water partition coefficient (Wildman–Crippen LogP) is 0.851. The number of likely N-dealkylation sites (tertiary alicyclic amines) is 1. The topological polar surface area (TPSA) is 47.7 Å². The second-order valence-corrected chi connectivity index (χ2v) is 5.24. The Balaban J connectivity index is 1.70. The Morgan fingerprint density at radius 2 is 2.06 bits per heavy atom. The number of hydrogen-bond donors (Lipinski definition) is 1. The molecule has 4 heteroatoms. The quantitative estimate of drug-likeness (QED) is 0.794. The predicted molar refractivity (Wildman–Crippen MR) is 68.0 cm³/mol. The first-order valence-electron chi connectivity index (χ1n) is 6.97. The molecule has 2 fully saturated rings. The van der Waals surface area contributed by atoms with Crippen LogP contribution in [0.1, 0.15) is 26.2 Å². The largest absolute Gasteiger partial charge is 0.381 e. The zero-order valence-corrected chi connectivity index (χ0v) is 10.9. The molecule has 0 bridgehead atoms. The van der Waals surface area contributed by atoms with Crippen molar-refractivity contribution in [3.05, 3.63) is 0 Å². The van der Waals surface area contributed by atoms with E-state index in [1.807, 2.05) is 0 Å². The Morgan fingerprint density at radius 1 is 1.29 bits per heavy atom. The van der Waals surface area contributed by atoms with Crippen LogP contribution in [0.4, 0.5) is 0 Å². The zero-order chi connectivity index (χ0) is 12.1. The van der Waals surface area contributed by atoms with Crippen LogP contribution in [-0.4, -0.2) is 56.5 Å². The van der Waals surface area contributed by atoms with Crippen molar-refractivity contribution in [2.24, 2.45) is 11.7 Å². The molecular weight excluding hydrogens is 216 g/mol. The van der Waals surface area contributed by atoms with Gasteiger partial charge in [0.15, 0.2) is 0 Å². The van der Waals surface area contributed by atoms with E-state index in [1.54, 1.807) is 0 Å². The first-order chi connectivity index (χ1) is 8.29. The highest BCUT2D eigenvalue weighted by molar-refractivity contribution is 4.81. The molecule has 2 aliphatic heterocycles. The van der Waals surface area contributed by atoms with Gasteiger partial charge in [0.25, 0.3) is 0 Å². The van der Waals surface area contributed by atoms with Gasteiger partial charge in [-0.2, -0.15) is 0 Å². The van der Waals surface area contributed by atoms with E-state index in [2.05, 4.69) is 11.8 Å². The Bertz CT molecular complexity index is 217. The lowest BCUT2D eigenvalue weighted by Crippen LogP contribution is -2.47. The fraction of sp³-hybridized carbons (Fsp3) is 1.00. The summed E-state index contributed by atoms with van der Waals surface area (Å²) in [6.07, 6.45) is 3.82. The van der Waals surface area contributed by atoms with Crippen LogP contribution in [0.25, 0.3) is 0 Å². The molecule has 100 valence electrons. The van der Waals surface area contributed by atoms with Gasteiger partial charge in [0.1, 0.15) is 0 Å². The van der Waals surface area contributed by atoms with Gasteiger partial charge in [-0.05, 0) is 26.2 Å². The molecule has 2 unspecified atom stereocenters. The Labute approximate surface area is 104 Å². The molecule has 2 atom stereocenters. The number of nitrogens with zero attached hydrogens (tertiary/aromatic N) is 1. The van der Waals surface area contributed by atoms with Crippen LogP contribution in [0.5, 0.6) is 0 Å². The van der Waals surface area contributed by atoms with E-state index in [1.165, 1.54) is 0 Å². The maximum Gasteiger partial charge on any atom is 0.0599 e. The molecule has 0 aromatic heterocycles. The minimum Gasteiger partial charge on any atom is -0.381 e. The molecule has 17 heavy (non-hydrogen) atoms. The Morgan fingerprint density at radius 3 is 2.71 bits per heavy atom. The summed E-state index contributed by atoms with van der Waals surface area (Å²) in [5, 5.41) is 0. The molecule has 2 saturated heterocycles. The van der Waals surface area contributed by atoms with E-state index in [0.717, 1.165) is 58.7 Å². The number of ether oxygens (including phenoxy) is 2. The third-order valence-electron chi connectivity index (χ3n) is 3.96. The molecule has 0 saturated carbocycles. The van der Waals surface area contributed by atoms with E-state index in [4.69, 9.17) is 15.2 Å². The molecule has 0 aromatic carbocycles. The summed E-state index contributed by atoms with van der Waals surface area (Å²) in [4.78, 5) is 2.52. The third-order valence-corrected chi connectivity index (χ3v) is 3.96. The molecule has 2 heterocycles. The minimum absolute atomic E-state index is 0.327. The van der Waals surface area contributed by atoms with Gasteiger partial charge in [0.05, 0.1) is 12.7 Å². The third kappa shape index (κ3) is 3.91. The monoisotopic (exact) mass is 242 g/mol. The van der Waals surface area contributed by atoms with Crippen LogP contribution in [0.15, 0.2) is 0 Å². The van der Waals surface area contributed by atoms with Crippen molar-refractivity contribution in [1.82, 2.24) is 4.90 Å². The van der Waals surface area contributed by atoms with Crippen molar-refractivity contribution in [3.8, 4) is 0 Å². The van der Waals surface area contributed by atoms with Crippen molar-refractivity contribution in [2.45, 2.75) is 38.3 Å². The summed E-state index contributed by atoms with van der Waals surface area (Å²) >= 11 is 0. The minimum atomic E-state index is 0.327. The molecule has 0 aliphatic carbocycles. The van der Waals surface area contributed by atoms with Gasteiger partial charge in [-0.15, -0.1) is 0 Å². The van der Waals surface area contributed by atoms with Crippen LogP contribution in [-0.2, 0) is 9.47 Å². The molecule has 0 amide bonds. The first-order valence-corrected chi connectivity index (χ1v) is 6.97. The second-order valence-electron chi connectivity index (χ2n) is 5.24. The van der Waals surface area contributed by atoms with Crippen LogP contribution in [0, 0.1) is 5.92 Å². The highest BCUT2D eigenvalue weighted by Crippen LogP contribution is 2.18. The highest BCUT2D eigenvalue weighted by atomic mass is 16.5. The van der Waals surface area contributed by atoms with Crippen LogP contribution >= 0.6 is 0 Å². The molecule has 4 nitrogen and oxygen atoms in total. The van der Waals surface area contributed by atoms with E-state index in [0.29, 0.717) is 18.1 Å². The van der Waals surface area contributed by atoms with Crippen molar-refractivity contribution in [1.29, 1.82) is 0 Å². The second kappa shape index (κ2) is 6.69.